The van der Waals surface area contributed by atoms with Crippen LogP contribution in [0.25, 0.3) is 0 Å². The Hall–Kier alpha value is -1.16. The molecule has 0 aliphatic carbocycles. The van der Waals surface area contributed by atoms with E-state index in [4.69, 9.17) is 5.73 Å². The minimum atomic E-state index is -0.438. The van der Waals surface area contributed by atoms with Crippen molar-refractivity contribution >= 4 is 5.69 Å². The molecular formula is C9H12FN3. The fourth-order valence-electron chi connectivity index (χ4n) is 1.58. The van der Waals surface area contributed by atoms with Crippen LogP contribution in [-0.4, -0.2) is 24.1 Å². The highest BCUT2D eigenvalue weighted by atomic mass is 19.1. The first-order chi connectivity index (χ1) is 6.25. The fourth-order valence-corrected chi connectivity index (χ4v) is 1.58. The lowest BCUT2D eigenvalue weighted by molar-refractivity contribution is 0.583. The molecule has 1 fully saturated rings. The molecule has 1 aromatic heterocycles. The van der Waals surface area contributed by atoms with Gasteiger partial charge in [-0.2, -0.15) is 4.39 Å². The normalized spacial score (nSPS) is 22.3. The number of hydrogen-bond acceptors (Lipinski definition) is 3. The number of halogens is 1. The topological polar surface area (TPSA) is 42.1 Å². The van der Waals surface area contributed by atoms with Crippen LogP contribution in [0.2, 0.25) is 0 Å². The maximum Gasteiger partial charge on any atom is 0.212 e. The molecule has 3 nitrogen and oxygen atoms in total. The quantitative estimate of drug-likeness (QED) is 0.650. The summed E-state index contributed by atoms with van der Waals surface area (Å²) in [5.41, 5.74) is 6.71. The van der Waals surface area contributed by atoms with Crippen molar-refractivity contribution in [3.63, 3.8) is 0 Å². The van der Waals surface area contributed by atoms with Crippen LogP contribution in [0.1, 0.15) is 6.42 Å². The smallest absolute Gasteiger partial charge is 0.212 e. The molecule has 70 valence electrons. The molecule has 1 saturated heterocycles. The van der Waals surface area contributed by atoms with Gasteiger partial charge in [-0.3, -0.25) is 0 Å². The van der Waals surface area contributed by atoms with Crippen LogP contribution >= 0.6 is 0 Å². The van der Waals surface area contributed by atoms with Crippen LogP contribution in [0.5, 0.6) is 0 Å². The molecule has 2 heterocycles. The predicted octanol–water partition coefficient (Wildman–Crippen LogP) is 0.758. The Morgan fingerprint density at radius 1 is 1.54 bits per heavy atom. The summed E-state index contributed by atoms with van der Waals surface area (Å²) < 4.78 is 12.5. The number of pyridine rings is 1. The van der Waals surface area contributed by atoms with Gasteiger partial charge in [-0.1, -0.05) is 0 Å². The van der Waals surface area contributed by atoms with E-state index in [-0.39, 0.29) is 6.04 Å². The summed E-state index contributed by atoms with van der Waals surface area (Å²) in [6.07, 6.45) is 2.55. The van der Waals surface area contributed by atoms with Gasteiger partial charge in [-0.05, 0) is 18.6 Å². The zero-order valence-corrected chi connectivity index (χ0v) is 7.28. The molecule has 2 rings (SSSR count). The van der Waals surface area contributed by atoms with E-state index < -0.39 is 5.95 Å². The van der Waals surface area contributed by atoms with Crippen molar-refractivity contribution in [1.82, 2.24) is 4.98 Å². The number of anilines is 1. The largest absolute Gasteiger partial charge is 0.369 e. The molecule has 1 aliphatic rings. The summed E-state index contributed by atoms with van der Waals surface area (Å²) in [7, 11) is 0. The Morgan fingerprint density at radius 2 is 2.38 bits per heavy atom. The summed E-state index contributed by atoms with van der Waals surface area (Å²) in [6.45, 7) is 1.78. The van der Waals surface area contributed by atoms with Crippen molar-refractivity contribution in [3.05, 3.63) is 24.3 Å². The first-order valence-corrected chi connectivity index (χ1v) is 4.38. The van der Waals surface area contributed by atoms with E-state index in [2.05, 4.69) is 9.88 Å². The number of nitrogens with zero attached hydrogens (tertiary/aromatic N) is 2. The van der Waals surface area contributed by atoms with Crippen molar-refractivity contribution in [2.75, 3.05) is 18.0 Å². The third-order valence-electron chi connectivity index (χ3n) is 2.30. The maximum absolute atomic E-state index is 12.5. The average molecular weight is 181 g/mol. The Labute approximate surface area is 76.4 Å². The van der Waals surface area contributed by atoms with Gasteiger partial charge in [0.25, 0.3) is 0 Å². The zero-order valence-electron chi connectivity index (χ0n) is 7.28. The molecule has 13 heavy (non-hydrogen) atoms. The first-order valence-electron chi connectivity index (χ1n) is 4.38. The van der Waals surface area contributed by atoms with E-state index in [9.17, 15) is 4.39 Å². The minimum absolute atomic E-state index is 0.241. The van der Waals surface area contributed by atoms with E-state index >= 15 is 0 Å². The van der Waals surface area contributed by atoms with Crippen LogP contribution in [0, 0.1) is 5.95 Å². The highest BCUT2D eigenvalue weighted by Crippen LogP contribution is 2.18. The monoisotopic (exact) mass is 181 g/mol. The molecule has 1 aromatic rings. The van der Waals surface area contributed by atoms with Gasteiger partial charge in [0.05, 0.1) is 11.9 Å². The van der Waals surface area contributed by atoms with E-state index in [1.54, 1.807) is 12.3 Å². The highest BCUT2D eigenvalue weighted by molar-refractivity contribution is 5.45. The SMILES string of the molecule is N[C@H]1CCN(c2ccc(F)nc2)C1. The summed E-state index contributed by atoms with van der Waals surface area (Å²) in [6, 6.07) is 3.35. The van der Waals surface area contributed by atoms with Crippen molar-refractivity contribution in [2.24, 2.45) is 5.73 Å². The van der Waals surface area contributed by atoms with Crippen LogP contribution in [0.3, 0.4) is 0 Å². The van der Waals surface area contributed by atoms with Gasteiger partial charge in [-0.25, -0.2) is 4.98 Å². The van der Waals surface area contributed by atoms with Crippen molar-refractivity contribution in [2.45, 2.75) is 12.5 Å². The fraction of sp³-hybridized carbons (Fsp3) is 0.444. The van der Waals surface area contributed by atoms with Crippen molar-refractivity contribution in [1.29, 1.82) is 0 Å². The molecule has 1 atom stereocenters. The lowest BCUT2D eigenvalue weighted by Gasteiger charge is -2.16. The number of aromatic nitrogens is 1. The van der Waals surface area contributed by atoms with Gasteiger partial charge >= 0.3 is 0 Å². The lowest BCUT2D eigenvalue weighted by atomic mass is 10.3. The Kier molecular flexibility index (Phi) is 2.14. The standard InChI is InChI=1S/C9H12FN3/c10-9-2-1-8(5-12-9)13-4-3-7(11)6-13/h1-2,5,7H,3-4,6,11H2/t7-/m0/s1. The van der Waals surface area contributed by atoms with Crippen LogP contribution in [0.15, 0.2) is 18.3 Å². The number of nitrogens with two attached hydrogens (primary N) is 1. The molecule has 0 bridgehead atoms. The second kappa shape index (κ2) is 3.30. The van der Waals surface area contributed by atoms with E-state index in [0.717, 1.165) is 25.2 Å². The van der Waals surface area contributed by atoms with Gasteiger partial charge in [0.15, 0.2) is 0 Å². The Balaban J connectivity index is 2.13. The molecule has 0 saturated carbocycles. The second-order valence-electron chi connectivity index (χ2n) is 3.33. The van der Waals surface area contributed by atoms with E-state index in [0.29, 0.717) is 0 Å². The van der Waals surface area contributed by atoms with Crippen LogP contribution in [0.4, 0.5) is 10.1 Å². The second-order valence-corrected chi connectivity index (χ2v) is 3.33. The van der Waals surface area contributed by atoms with Crippen molar-refractivity contribution < 1.29 is 4.39 Å². The molecule has 1 aliphatic heterocycles. The molecule has 0 radical (unpaired) electrons. The van der Waals surface area contributed by atoms with Gasteiger partial charge in [0.1, 0.15) is 0 Å². The molecular weight excluding hydrogens is 169 g/mol. The molecule has 2 N–H and O–H groups in total. The Morgan fingerprint density at radius 3 is 2.92 bits per heavy atom. The van der Waals surface area contributed by atoms with Crippen LogP contribution < -0.4 is 10.6 Å². The summed E-state index contributed by atoms with van der Waals surface area (Å²) in [5, 5.41) is 0. The first kappa shape index (κ1) is 8.44. The predicted molar refractivity (Wildman–Crippen MR) is 49.0 cm³/mol. The van der Waals surface area contributed by atoms with Gasteiger partial charge in [0, 0.05) is 19.1 Å². The summed E-state index contributed by atoms with van der Waals surface area (Å²) >= 11 is 0. The highest BCUT2D eigenvalue weighted by Gasteiger charge is 2.19. The maximum atomic E-state index is 12.5. The number of rotatable bonds is 1. The zero-order chi connectivity index (χ0) is 9.26. The third kappa shape index (κ3) is 1.78. The van der Waals surface area contributed by atoms with E-state index in [1.165, 1.54) is 6.07 Å². The number of hydrogen-bond donors (Lipinski definition) is 1. The van der Waals surface area contributed by atoms with Gasteiger partial charge in [0.2, 0.25) is 5.95 Å². The molecule has 4 heteroatoms. The summed E-state index contributed by atoms with van der Waals surface area (Å²) in [5.74, 6) is -0.438. The van der Waals surface area contributed by atoms with E-state index in [1.807, 2.05) is 0 Å². The third-order valence-corrected chi connectivity index (χ3v) is 2.30. The molecule has 0 amide bonds. The van der Waals surface area contributed by atoms with Gasteiger partial charge in [-0.15, -0.1) is 0 Å². The molecule has 0 aromatic carbocycles. The average Bonchev–Trinajstić information content (AvgIpc) is 2.53. The summed E-state index contributed by atoms with van der Waals surface area (Å²) in [4.78, 5) is 5.72. The molecule has 0 spiro atoms. The minimum Gasteiger partial charge on any atom is -0.369 e. The lowest BCUT2D eigenvalue weighted by Crippen LogP contribution is -2.26. The van der Waals surface area contributed by atoms with Crippen LogP contribution in [-0.2, 0) is 0 Å². The molecule has 0 unspecified atom stereocenters. The Bertz CT molecular complexity index is 285. The van der Waals surface area contributed by atoms with Gasteiger partial charge < -0.3 is 10.6 Å². The van der Waals surface area contributed by atoms with Crippen molar-refractivity contribution in [3.8, 4) is 0 Å².